The van der Waals surface area contributed by atoms with Crippen LogP contribution in [0.2, 0.25) is 0 Å². The summed E-state index contributed by atoms with van der Waals surface area (Å²) in [7, 11) is 1.12. The lowest BCUT2D eigenvalue weighted by atomic mass is 10.1. The molecule has 8 heteroatoms. The Morgan fingerprint density at radius 2 is 1.92 bits per heavy atom. The molecule has 1 atom stereocenters. The van der Waals surface area contributed by atoms with Gasteiger partial charge < -0.3 is 14.2 Å². The zero-order valence-electron chi connectivity index (χ0n) is 13.9. The second kappa shape index (κ2) is 7.74. The number of esters is 1. The summed E-state index contributed by atoms with van der Waals surface area (Å²) in [5.74, 6) is -3.94. The molecule has 1 fully saturated rings. The van der Waals surface area contributed by atoms with Crippen LogP contribution in [0.1, 0.15) is 23.3 Å². The minimum atomic E-state index is -1.05. The third kappa shape index (κ3) is 3.80. The van der Waals surface area contributed by atoms with Crippen molar-refractivity contribution in [2.24, 2.45) is 0 Å². The number of aromatic nitrogens is 1. The van der Waals surface area contributed by atoms with Crippen LogP contribution in [0, 0.1) is 17.5 Å². The standard InChI is InChI=1S/C18H16F3NO4/c1-24-18(23)15-5-4-12(19)17(22-15)16-13(20)7-11(8-14(16)21)26-10-3-2-6-25-9-10/h4-5,7-8,10H,2-3,6,9H2,1H3/t10-/m1/s1. The first-order chi connectivity index (χ1) is 12.5. The second-order valence-corrected chi connectivity index (χ2v) is 5.74. The second-order valence-electron chi connectivity index (χ2n) is 5.74. The van der Waals surface area contributed by atoms with Crippen molar-refractivity contribution in [1.29, 1.82) is 0 Å². The summed E-state index contributed by atoms with van der Waals surface area (Å²) in [6.45, 7) is 0.964. The van der Waals surface area contributed by atoms with E-state index in [4.69, 9.17) is 9.47 Å². The predicted octanol–water partition coefficient (Wildman–Crippen LogP) is 3.51. The molecule has 138 valence electrons. The molecule has 0 unspecified atom stereocenters. The quantitative estimate of drug-likeness (QED) is 0.774. The highest BCUT2D eigenvalue weighted by molar-refractivity contribution is 5.87. The van der Waals surface area contributed by atoms with E-state index >= 15 is 0 Å². The number of hydrogen-bond donors (Lipinski definition) is 0. The van der Waals surface area contributed by atoms with Crippen molar-refractivity contribution in [1.82, 2.24) is 4.98 Å². The van der Waals surface area contributed by atoms with E-state index in [2.05, 4.69) is 9.72 Å². The molecule has 1 aliphatic rings. The molecule has 0 spiro atoms. The van der Waals surface area contributed by atoms with Crippen LogP contribution in [0.15, 0.2) is 24.3 Å². The maximum absolute atomic E-state index is 14.5. The van der Waals surface area contributed by atoms with Crippen LogP contribution in [-0.4, -0.2) is 37.4 Å². The maximum Gasteiger partial charge on any atom is 0.356 e. The van der Waals surface area contributed by atoms with Crippen LogP contribution in [-0.2, 0) is 9.47 Å². The SMILES string of the molecule is COC(=O)c1ccc(F)c(-c2c(F)cc(O[C@@H]3CCCOC3)cc2F)n1. The number of carbonyl (C=O) groups excluding carboxylic acids is 1. The molecular formula is C18H16F3NO4. The minimum Gasteiger partial charge on any atom is -0.488 e. The first-order valence-corrected chi connectivity index (χ1v) is 7.98. The maximum atomic E-state index is 14.5. The van der Waals surface area contributed by atoms with E-state index in [-0.39, 0.29) is 17.5 Å². The molecule has 0 radical (unpaired) electrons. The van der Waals surface area contributed by atoms with Crippen molar-refractivity contribution >= 4 is 5.97 Å². The first kappa shape index (κ1) is 18.2. The summed E-state index contributed by atoms with van der Waals surface area (Å²) in [6.07, 6.45) is 1.21. The highest BCUT2D eigenvalue weighted by Crippen LogP contribution is 2.31. The van der Waals surface area contributed by atoms with Crippen molar-refractivity contribution in [3.63, 3.8) is 0 Å². The monoisotopic (exact) mass is 367 g/mol. The number of benzene rings is 1. The fourth-order valence-corrected chi connectivity index (χ4v) is 2.68. The fraction of sp³-hybridized carbons (Fsp3) is 0.333. The largest absolute Gasteiger partial charge is 0.488 e. The molecule has 1 aromatic heterocycles. The number of pyridine rings is 1. The molecule has 26 heavy (non-hydrogen) atoms. The van der Waals surface area contributed by atoms with Gasteiger partial charge in [0.1, 0.15) is 40.7 Å². The Balaban J connectivity index is 1.94. The summed E-state index contributed by atoms with van der Waals surface area (Å²) in [5, 5.41) is 0. The van der Waals surface area contributed by atoms with E-state index in [0.717, 1.165) is 37.8 Å². The lowest BCUT2D eigenvalue weighted by Gasteiger charge is -2.23. The molecule has 3 rings (SSSR count). The third-order valence-electron chi connectivity index (χ3n) is 3.91. The van der Waals surface area contributed by atoms with Gasteiger partial charge in [-0.1, -0.05) is 0 Å². The molecule has 0 saturated carbocycles. The Kier molecular flexibility index (Phi) is 5.41. The summed E-state index contributed by atoms with van der Waals surface area (Å²) in [5.41, 5.74) is -1.56. The van der Waals surface area contributed by atoms with Crippen molar-refractivity contribution in [3.05, 3.63) is 47.4 Å². The summed E-state index contributed by atoms with van der Waals surface area (Å²) >= 11 is 0. The molecular weight excluding hydrogens is 351 g/mol. The Labute approximate surface area is 147 Å². The summed E-state index contributed by atoms with van der Waals surface area (Å²) in [6, 6.07) is 3.89. The number of halogens is 3. The normalized spacial score (nSPS) is 17.0. The number of carbonyl (C=O) groups is 1. The van der Waals surface area contributed by atoms with Crippen LogP contribution in [0.25, 0.3) is 11.3 Å². The number of nitrogens with zero attached hydrogens (tertiary/aromatic N) is 1. The van der Waals surface area contributed by atoms with Gasteiger partial charge >= 0.3 is 5.97 Å². The molecule has 0 N–H and O–H groups in total. The molecule has 2 heterocycles. The minimum absolute atomic E-state index is 0.0243. The van der Waals surface area contributed by atoms with Gasteiger partial charge in [-0.2, -0.15) is 0 Å². The topological polar surface area (TPSA) is 57.7 Å². The number of hydrogen-bond acceptors (Lipinski definition) is 5. The Hall–Kier alpha value is -2.61. The van der Waals surface area contributed by atoms with E-state index in [9.17, 15) is 18.0 Å². The number of ether oxygens (including phenoxy) is 3. The van der Waals surface area contributed by atoms with E-state index in [1.165, 1.54) is 0 Å². The van der Waals surface area contributed by atoms with Crippen LogP contribution in [0.4, 0.5) is 13.2 Å². The fourth-order valence-electron chi connectivity index (χ4n) is 2.68. The van der Waals surface area contributed by atoms with Crippen molar-refractivity contribution in [3.8, 4) is 17.0 Å². The van der Waals surface area contributed by atoms with Gasteiger partial charge in [-0.15, -0.1) is 0 Å². The van der Waals surface area contributed by atoms with Gasteiger partial charge in [0, 0.05) is 18.7 Å². The molecule has 2 aromatic rings. The van der Waals surface area contributed by atoms with E-state index in [1.807, 2.05) is 0 Å². The molecule has 1 saturated heterocycles. The van der Waals surface area contributed by atoms with Crippen LogP contribution in [0.5, 0.6) is 5.75 Å². The van der Waals surface area contributed by atoms with Gasteiger partial charge in [-0.25, -0.2) is 22.9 Å². The predicted molar refractivity (Wildman–Crippen MR) is 85.4 cm³/mol. The molecule has 5 nitrogen and oxygen atoms in total. The Morgan fingerprint density at radius 3 is 2.54 bits per heavy atom. The van der Waals surface area contributed by atoms with E-state index in [1.54, 1.807) is 0 Å². The van der Waals surface area contributed by atoms with Gasteiger partial charge in [0.05, 0.1) is 19.3 Å². The Morgan fingerprint density at radius 1 is 1.19 bits per heavy atom. The molecule has 0 bridgehead atoms. The Bertz CT molecular complexity index is 799. The molecule has 0 amide bonds. The van der Waals surface area contributed by atoms with Crippen molar-refractivity contribution in [2.45, 2.75) is 18.9 Å². The van der Waals surface area contributed by atoms with Gasteiger partial charge in [0.2, 0.25) is 0 Å². The number of rotatable bonds is 4. The van der Waals surface area contributed by atoms with Gasteiger partial charge in [-0.3, -0.25) is 0 Å². The summed E-state index contributed by atoms with van der Waals surface area (Å²) < 4.78 is 58.3. The highest BCUT2D eigenvalue weighted by atomic mass is 19.1. The van der Waals surface area contributed by atoms with Gasteiger partial charge in [-0.05, 0) is 25.0 Å². The average Bonchev–Trinajstić information content (AvgIpc) is 2.63. The smallest absolute Gasteiger partial charge is 0.356 e. The van der Waals surface area contributed by atoms with E-state index < -0.39 is 34.7 Å². The zero-order valence-corrected chi connectivity index (χ0v) is 13.9. The number of methoxy groups -OCH3 is 1. The summed E-state index contributed by atoms with van der Waals surface area (Å²) in [4.78, 5) is 15.2. The lowest BCUT2D eigenvalue weighted by Crippen LogP contribution is -2.28. The van der Waals surface area contributed by atoms with Crippen LogP contribution < -0.4 is 4.74 Å². The molecule has 1 aliphatic heterocycles. The van der Waals surface area contributed by atoms with Gasteiger partial charge in [0.25, 0.3) is 0 Å². The third-order valence-corrected chi connectivity index (χ3v) is 3.91. The van der Waals surface area contributed by atoms with Gasteiger partial charge in [0.15, 0.2) is 0 Å². The molecule has 1 aromatic carbocycles. The van der Waals surface area contributed by atoms with Crippen LogP contribution in [0.3, 0.4) is 0 Å². The lowest BCUT2D eigenvalue weighted by molar-refractivity contribution is 0.00720. The first-order valence-electron chi connectivity index (χ1n) is 7.98. The zero-order chi connectivity index (χ0) is 18.7. The average molecular weight is 367 g/mol. The van der Waals surface area contributed by atoms with E-state index in [0.29, 0.717) is 19.6 Å². The van der Waals surface area contributed by atoms with Crippen molar-refractivity contribution in [2.75, 3.05) is 20.3 Å². The van der Waals surface area contributed by atoms with Crippen LogP contribution >= 0.6 is 0 Å². The van der Waals surface area contributed by atoms with Crippen molar-refractivity contribution < 1.29 is 32.2 Å². The molecule has 0 aliphatic carbocycles. The highest BCUT2D eigenvalue weighted by Gasteiger charge is 2.22.